The van der Waals surface area contributed by atoms with Crippen LogP contribution in [0.15, 0.2) is 4.42 Å². The third-order valence-electron chi connectivity index (χ3n) is 2.31. The predicted molar refractivity (Wildman–Crippen MR) is 48.4 cm³/mol. The molecule has 2 heterocycles. The van der Waals surface area contributed by atoms with E-state index in [9.17, 15) is 4.79 Å². The molecule has 2 rings (SSSR count). The van der Waals surface area contributed by atoms with Crippen molar-refractivity contribution in [1.29, 1.82) is 0 Å². The number of aromatic nitrogens is 2. The summed E-state index contributed by atoms with van der Waals surface area (Å²) in [7, 11) is 0. The topological polar surface area (TPSA) is 85.5 Å². The molecule has 1 aromatic rings. The Bertz CT molecular complexity index is 344. The molecule has 1 N–H and O–H groups in total. The number of aryl methyl sites for hydroxylation is 1. The van der Waals surface area contributed by atoms with Crippen LogP contribution in [0.1, 0.15) is 30.5 Å². The maximum atomic E-state index is 10.3. The van der Waals surface area contributed by atoms with Crippen LogP contribution >= 0.6 is 0 Å². The molecule has 0 aliphatic carbocycles. The first-order chi connectivity index (χ1) is 7.25. The lowest BCUT2D eigenvalue weighted by Gasteiger charge is -1.98. The van der Waals surface area contributed by atoms with Gasteiger partial charge in [-0.2, -0.15) is 0 Å². The summed E-state index contributed by atoms with van der Waals surface area (Å²) in [5.41, 5.74) is 0. The van der Waals surface area contributed by atoms with Crippen LogP contribution in [0, 0.1) is 0 Å². The molecule has 6 heteroatoms. The van der Waals surface area contributed by atoms with Gasteiger partial charge in [-0.1, -0.05) is 0 Å². The summed E-state index contributed by atoms with van der Waals surface area (Å²) in [6.45, 7) is 1.33. The van der Waals surface area contributed by atoms with Gasteiger partial charge in [-0.3, -0.25) is 4.79 Å². The van der Waals surface area contributed by atoms with Gasteiger partial charge in [-0.25, -0.2) is 0 Å². The number of carbonyl (C=O) groups is 1. The van der Waals surface area contributed by atoms with Crippen LogP contribution in [-0.4, -0.2) is 34.5 Å². The molecule has 0 aromatic carbocycles. The van der Waals surface area contributed by atoms with E-state index in [1.54, 1.807) is 0 Å². The zero-order valence-corrected chi connectivity index (χ0v) is 8.18. The quantitative estimate of drug-likeness (QED) is 0.786. The third-order valence-corrected chi connectivity index (χ3v) is 2.31. The second-order valence-electron chi connectivity index (χ2n) is 3.49. The number of nitrogens with zero attached hydrogens (tertiary/aromatic N) is 2. The number of rotatable bonds is 4. The Morgan fingerprint density at radius 3 is 3.07 bits per heavy atom. The first kappa shape index (κ1) is 10.1. The Hall–Kier alpha value is -1.43. The number of ether oxygens (including phenoxy) is 1. The second-order valence-corrected chi connectivity index (χ2v) is 3.49. The Morgan fingerprint density at radius 2 is 2.40 bits per heavy atom. The summed E-state index contributed by atoms with van der Waals surface area (Å²) in [6, 6.07) is 0. The molecule has 15 heavy (non-hydrogen) atoms. The van der Waals surface area contributed by atoms with Crippen molar-refractivity contribution >= 4 is 5.97 Å². The van der Waals surface area contributed by atoms with Crippen LogP contribution in [0.25, 0.3) is 0 Å². The lowest BCUT2D eigenvalue weighted by molar-refractivity contribution is -0.137. The maximum Gasteiger partial charge on any atom is 0.303 e. The molecule has 6 nitrogen and oxygen atoms in total. The van der Waals surface area contributed by atoms with E-state index in [1.165, 1.54) is 0 Å². The highest BCUT2D eigenvalue weighted by atomic mass is 16.5. The van der Waals surface area contributed by atoms with Gasteiger partial charge in [0.1, 0.15) is 0 Å². The summed E-state index contributed by atoms with van der Waals surface area (Å²) in [5.74, 6) is 0.266. The van der Waals surface area contributed by atoms with E-state index in [2.05, 4.69) is 10.2 Å². The van der Waals surface area contributed by atoms with Crippen molar-refractivity contribution in [2.45, 2.75) is 25.2 Å². The third kappa shape index (κ3) is 2.53. The Kier molecular flexibility index (Phi) is 2.96. The Labute approximate surface area is 86.3 Å². The van der Waals surface area contributed by atoms with E-state index in [1.807, 2.05) is 0 Å². The van der Waals surface area contributed by atoms with Gasteiger partial charge in [0.2, 0.25) is 11.8 Å². The van der Waals surface area contributed by atoms with Crippen molar-refractivity contribution in [3.63, 3.8) is 0 Å². The molecule has 1 saturated heterocycles. The summed E-state index contributed by atoms with van der Waals surface area (Å²) >= 11 is 0. The molecule has 82 valence electrons. The van der Waals surface area contributed by atoms with E-state index < -0.39 is 5.97 Å². The highest BCUT2D eigenvalue weighted by Gasteiger charge is 2.23. The molecule has 0 spiro atoms. The standard InChI is InChI=1S/C9H12N2O4/c12-8(13)2-1-7-10-11-9(15-7)6-3-4-14-5-6/h6H,1-5H2,(H,12,13). The molecule has 1 atom stereocenters. The minimum absolute atomic E-state index is 0.0167. The SMILES string of the molecule is O=C(O)CCc1nnc(C2CCOC2)o1. The normalized spacial score (nSPS) is 20.7. The fourth-order valence-electron chi connectivity index (χ4n) is 1.48. The fourth-order valence-corrected chi connectivity index (χ4v) is 1.48. The summed E-state index contributed by atoms with van der Waals surface area (Å²) in [6.07, 6.45) is 1.19. The molecular weight excluding hydrogens is 200 g/mol. The van der Waals surface area contributed by atoms with Crippen molar-refractivity contribution in [2.75, 3.05) is 13.2 Å². The van der Waals surface area contributed by atoms with Gasteiger partial charge in [0.25, 0.3) is 0 Å². The molecule has 1 aliphatic heterocycles. The van der Waals surface area contributed by atoms with Crippen molar-refractivity contribution < 1.29 is 19.1 Å². The minimum Gasteiger partial charge on any atom is -0.481 e. The highest BCUT2D eigenvalue weighted by molar-refractivity contribution is 5.66. The van der Waals surface area contributed by atoms with Crippen LogP contribution in [-0.2, 0) is 16.0 Å². The molecule has 1 fully saturated rings. The summed E-state index contributed by atoms with van der Waals surface area (Å²) < 4.78 is 10.5. The lowest BCUT2D eigenvalue weighted by Crippen LogP contribution is -1.97. The van der Waals surface area contributed by atoms with E-state index in [0.29, 0.717) is 18.4 Å². The molecule has 0 bridgehead atoms. The molecule has 0 saturated carbocycles. The van der Waals surface area contributed by atoms with Crippen molar-refractivity contribution in [3.05, 3.63) is 11.8 Å². The zero-order chi connectivity index (χ0) is 10.7. The van der Waals surface area contributed by atoms with Crippen LogP contribution in [0.4, 0.5) is 0 Å². The second kappa shape index (κ2) is 4.39. The van der Waals surface area contributed by atoms with Gasteiger partial charge in [-0.15, -0.1) is 10.2 Å². The van der Waals surface area contributed by atoms with E-state index in [-0.39, 0.29) is 18.8 Å². The smallest absolute Gasteiger partial charge is 0.303 e. The van der Waals surface area contributed by atoms with Crippen molar-refractivity contribution in [2.24, 2.45) is 0 Å². The van der Waals surface area contributed by atoms with Gasteiger partial charge < -0.3 is 14.3 Å². The number of hydrogen-bond acceptors (Lipinski definition) is 5. The van der Waals surface area contributed by atoms with Crippen LogP contribution in [0.3, 0.4) is 0 Å². The van der Waals surface area contributed by atoms with E-state index in [0.717, 1.165) is 13.0 Å². The Morgan fingerprint density at radius 1 is 1.53 bits per heavy atom. The van der Waals surface area contributed by atoms with Gasteiger partial charge >= 0.3 is 5.97 Å². The lowest BCUT2D eigenvalue weighted by atomic mass is 10.1. The number of carboxylic acid groups (broad SMARTS) is 1. The Balaban J connectivity index is 1.94. The largest absolute Gasteiger partial charge is 0.481 e. The summed E-state index contributed by atoms with van der Waals surface area (Å²) in [5, 5.41) is 16.2. The number of carboxylic acids is 1. The highest BCUT2D eigenvalue weighted by Crippen LogP contribution is 2.23. The first-order valence-electron chi connectivity index (χ1n) is 4.87. The van der Waals surface area contributed by atoms with Crippen LogP contribution < -0.4 is 0 Å². The molecule has 0 radical (unpaired) electrons. The van der Waals surface area contributed by atoms with E-state index >= 15 is 0 Å². The predicted octanol–water partition coefficient (Wildman–Crippen LogP) is 0.591. The van der Waals surface area contributed by atoms with Gasteiger partial charge in [-0.05, 0) is 6.42 Å². The fraction of sp³-hybridized carbons (Fsp3) is 0.667. The monoisotopic (exact) mass is 212 g/mol. The number of hydrogen-bond donors (Lipinski definition) is 1. The molecule has 0 amide bonds. The maximum absolute atomic E-state index is 10.3. The van der Waals surface area contributed by atoms with Gasteiger partial charge in [0, 0.05) is 13.0 Å². The average Bonchev–Trinajstić information content (AvgIpc) is 2.85. The van der Waals surface area contributed by atoms with Crippen molar-refractivity contribution in [1.82, 2.24) is 10.2 Å². The molecule has 1 unspecified atom stereocenters. The minimum atomic E-state index is -0.862. The zero-order valence-electron chi connectivity index (χ0n) is 8.18. The summed E-state index contributed by atoms with van der Waals surface area (Å²) in [4.78, 5) is 10.3. The molecule has 1 aliphatic rings. The van der Waals surface area contributed by atoms with Gasteiger partial charge in [0.15, 0.2) is 0 Å². The molecular formula is C9H12N2O4. The van der Waals surface area contributed by atoms with Crippen molar-refractivity contribution in [3.8, 4) is 0 Å². The first-order valence-corrected chi connectivity index (χ1v) is 4.87. The van der Waals surface area contributed by atoms with Gasteiger partial charge in [0.05, 0.1) is 18.9 Å². The molecule has 1 aromatic heterocycles. The number of aliphatic carboxylic acids is 1. The van der Waals surface area contributed by atoms with Crippen LogP contribution in [0.2, 0.25) is 0 Å². The average molecular weight is 212 g/mol. The van der Waals surface area contributed by atoms with E-state index in [4.69, 9.17) is 14.3 Å². The van der Waals surface area contributed by atoms with Crippen LogP contribution in [0.5, 0.6) is 0 Å².